The molecular formula is C25H26FN7O2. The van der Waals surface area contributed by atoms with Crippen LogP contribution in [0.25, 0.3) is 39.9 Å². The molecule has 180 valence electrons. The number of pyridine rings is 1. The first-order chi connectivity index (χ1) is 17.1. The lowest BCUT2D eigenvalue weighted by Gasteiger charge is -2.07. The van der Waals surface area contributed by atoms with E-state index in [9.17, 15) is 4.39 Å². The van der Waals surface area contributed by atoms with E-state index in [0.29, 0.717) is 30.4 Å². The summed E-state index contributed by atoms with van der Waals surface area (Å²) in [5, 5.41) is 15.9. The second-order valence-electron chi connectivity index (χ2n) is 7.66. The normalized spacial score (nSPS) is 12.3. The summed E-state index contributed by atoms with van der Waals surface area (Å²) < 4.78 is 26.7. The van der Waals surface area contributed by atoms with Crippen LogP contribution in [0.15, 0.2) is 71.3 Å². The fourth-order valence-corrected chi connectivity index (χ4v) is 3.46. The molecule has 9 nitrogen and oxygen atoms in total. The predicted octanol–water partition coefficient (Wildman–Crippen LogP) is 4.53. The highest BCUT2D eigenvalue weighted by Crippen LogP contribution is 2.32. The van der Waals surface area contributed by atoms with Gasteiger partial charge < -0.3 is 14.6 Å². The lowest BCUT2D eigenvalue weighted by molar-refractivity contribution is 0.199. The number of rotatable bonds is 10. The Bertz CT molecular complexity index is 1330. The van der Waals surface area contributed by atoms with Gasteiger partial charge >= 0.3 is 0 Å². The summed E-state index contributed by atoms with van der Waals surface area (Å²) in [5.74, 6) is 0.170. The third kappa shape index (κ3) is 5.56. The number of nitrogens with one attached hydrogen (secondary N) is 1. The van der Waals surface area contributed by atoms with Crippen molar-refractivity contribution in [2.45, 2.75) is 20.4 Å². The average molecular weight is 476 g/mol. The van der Waals surface area contributed by atoms with Crippen LogP contribution in [0, 0.1) is 0 Å². The van der Waals surface area contributed by atoms with Crippen LogP contribution in [0.1, 0.15) is 19.4 Å². The molecule has 0 atom stereocenters. The maximum Gasteiger partial charge on any atom is 0.281 e. The molecule has 0 fully saturated rings. The van der Waals surface area contributed by atoms with Crippen molar-refractivity contribution in [1.82, 2.24) is 35.4 Å². The Morgan fingerprint density at radius 3 is 2.80 bits per heavy atom. The van der Waals surface area contributed by atoms with E-state index in [4.69, 9.17) is 9.26 Å². The van der Waals surface area contributed by atoms with Crippen LogP contribution >= 0.6 is 0 Å². The molecule has 3 heterocycles. The van der Waals surface area contributed by atoms with Gasteiger partial charge in [-0.3, -0.25) is 4.98 Å². The summed E-state index contributed by atoms with van der Waals surface area (Å²) in [4.78, 5) is 8.64. The summed E-state index contributed by atoms with van der Waals surface area (Å²) in [6.07, 6.45) is 6.27. The summed E-state index contributed by atoms with van der Waals surface area (Å²) >= 11 is 0. The third-order valence-corrected chi connectivity index (χ3v) is 5.23. The summed E-state index contributed by atoms with van der Waals surface area (Å²) in [5.41, 5.74) is 3.77. The van der Waals surface area contributed by atoms with Crippen molar-refractivity contribution in [2.75, 3.05) is 20.3 Å². The SMILES string of the molecule is C/C=C\C(F)=C(/C)n1nnc(-c2nc(-c3cccc(CNCCOC)c3)no2)c1-c1ccncc1. The second kappa shape index (κ2) is 11.4. The van der Waals surface area contributed by atoms with Crippen LogP contribution in [-0.2, 0) is 11.3 Å². The molecule has 0 spiro atoms. The molecule has 35 heavy (non-hydrogen) atoms. The zero-order valence-corrected chi connectivity index (χ0v) is 19.8. The van der Waals surface area contributed by atoms with E-state index >= 15 is 0 Å². The molecular weight excluding hydrogens is 449 g/mol. The molecule has 0 aliphatic heterocycles. The van der Waals surface area contributed by atoms with Gasteiger partial charge in [-0.25, -0.2) is 9.07 Å². The van der Waals surface area contributed by atoms with E-state index in [1.165, 1.54) is 10.8 Å². The van der Waals surface area contributed by atoms with E-state index in [1.54, 1.807) is 51.6 Å². The Labute approximate surface area is 202 Å². The Morgan fingerprint density at radius 2 is 2.03 bits per heavy atom. The molecule has 1 N–H and O–H groups in total. The number of halogens is 1. The van der Waals surface area contributed by atoms with Gasteiger partial charge in [0.2, 0.25) is 5.82 Å². The molecule has 0 radical (unpaired) electrons. The van der Waals surface area contributed by atoms with Gasteiger partial charge in [-0.1, -0.05) is 34.6 Å². The second-order valence-corrected chi connectivity index (χ2v) is 7.66. The van der Waals surface area contributed by atoms with Crippen LogP contribution in [0.4, 0.5) is 4.39 Å². The Morgan fingerprint density at radius 1 is 1.20 bits per heavy atom. The molecule has 0 unspecified atom stereocenters. The summed E-state index contributed by atoms with van der Waals surface area (Å²) in [6, 6.07) is 11.4. The molecule has 3 aromatic heterocycles. The van der Waals surface area contributed by atoms with Crippen LogP contribution in [0.2, 0.25) is 0 Å². The molecule has 0 saturated heterocycles. The molecule has 4 rings (SSSR count). The Kier molecular flexibility index (Phi) is 7.86. The topological polar surface area (TPSA) is 104 Å². The number of hydrogen-bond acceptors (Lipinski definition) is 8. The van der Waals surface area contributed by atoms with Crippen LogP contribution in [-0.4, -0.2) is 50.4 Å². The number of benzene rings is 1. The van der Waals surface area contributed by atoms with E-state index in [1.807, 2.05) is 24.3 Å². The van der Waals surface area contributed by atoms with Gasteiger partial charge in [0.05, 0.1) is 12.3 Å². The van der Waals surface area contributed by atoms with Gasteiger partial charge in [0.25, 0.3) is 5.89 Å². The minimum absolute atomic E-state index is 0.181. The highest BCUT2D eigenvalue weighted by atomic mass is 19.1. The summed E-state index contributed by atoms with van der Waals surface area (Å²) in [7, 11) is 1.67. The van der Waals surface area contributed by atoms with Crippen molar-refractivity contribution >= 4 is 5.70 Å². The minimum Gasteiger partial charge on any atom is -0.383 e. The highest BCUT2D eigenvalue weighted by Gasteiger charge is 2.24. The van der Waals surface area contributed by atoms with E-state index in [2.05, 4.69) is 30.8 Å². The molecule has 0 bridgehead atoms. The first-order valence-corrected chi connectivity index (χ1v) is 11.1. The number of hydrogen-bond donors (Lipinski definition) is 1. The molecule has 0 aliphatic carbocycles. The van der Waals surface area contributed by atoms with Gasteiger partial charge in [-0.15, -0.1) is 5.10 Å². The first kappa shape index (κ1) is 24.1. The highest BCUT2D eigenvalue weighted by molar-refractivity contribution is 5.77. The van der Waals surface area contributed by atoms with Crippen molar-refractivity contribution in [3.63, 3.8) is 0 Å². The van der Waals surface area contributed by atoms with Crippen molar-refractivity contribution in [1.29, 1.82) is 0 Å². The largest absolute Gasteiger partial charge is 0.383 e. The molecule has 10 heteroatoms. The van der Waals surface area contributed by atoms with Crippen molar-refractivity contribution in [3.8, 4) is 34.2 Å². The molecule has 0 aliphatic rings. The number of ether oxygens (including phenoxy) is 1. The Balaban J connectivity index is 1.70. The fraction of sp³-hybridized carbons (Fsp3) is 0.240. The minimum atomic E-state index is -0.429. The third-order valence-electron chi connectivity index (χ3n) is 5.23. The van der Waals surface area contributed by atoms with Crippen molar-refractivity contribution < 1.29 is 13.7 Å². The lowest BCUT2D eigenvalue weighted by Crippen LogP contribution is -2.18. The number of allylic oxidation sites excluding steroid dienone is 4. The van der Waals surface area contributed by atoms with Crippen molar-refractivity contribution in [2.24, 2.45) is 0 Å². The zero-order valence-electron chi connectivity index (χ0n) is 19.8. The van der Waals surface area contributed by atoms with Gasteiger partial charge in [-0.2, -0.15) is 4.98 Å². The monoisotopic (exact) mass is 475 g/mol. The lowest BCUT2D eigenvalue weighted by atomic mass is 10.1. The van der Waals surface area contributed by atoms with Crippen molar-refractivity contribution in [3.05, 3.63) is 72.3 Å². The van der Waals surface area contributed by atoms with Crippen LogP contribution in [0.3, 0.4) is 0 Å². The molecule has 0 saturated carbocycles. The van der Waals surface area contributed by atoms with Gasteiger partial charge in [0.1, 0.15) is 11.5 Å². The van der Waals surface area contributed by atoms with Gasteiger partial charge in [0.15, 0.2) is 5.69 Å². The molecule has 4 aromatic rings. The number of methoxy groups -OCH3 is 1. The van der Waals surface area contributed by atoms with Crippen LogP contribution < -0.4 is 5.32 Å². The first-order valence-electron chi connectivity index (χ1n) is 11.1. The standard InChI is InChI=1S/C25H26FN7O2/c1-4-6-21(26)17(2)33-23(19-9-11-27-12-10-19)22(30-32-33)25-29-24(31-35-25)20-8-5-7-18(15-20)16-28-13-14-34-3/h4-12,15,28H,13-14,16H2,1-3H3/b6-4-,21-17-. The van der Waals surface area contributed by atoms with E-state index in [-0.39, 0.29) is 11.6 Å². The predicted molar refractivity (Wildman–Crippen MR) is 130 cm³/mol. The maximum absolute atomic E-state index is 14.6. The molecule has 0 amide bonds. The number of nitrogens with zero attached hydrogens (tertiary/aromatic N) is 6. The van der Waals surface area contributed by atoms with Gasteiger partial charge in [0, 0.05) is 43.7 Å². The van der Waals surface area contributed by atoms with Crippen LogP contribution in [0.5, 0.6) is 0 Å². The van der Waals surface area contributed by atoms with E-state index < -0.39 is 5.83 Å². The fourth-order valence-electron chi connectivity index (χ4n) is 3.46. The summed E-state index contributed by atoms with van der Waals surface area (Å²) in [6.45, 7) is 5.45. The van der Waals surface area contributed by atoms with E-state index in [0.717, 1.165) is 23.2 Å². The average Bonchev–Trinajstić information content (AvgIpc) is 3.55. The zero-order chi connectivity index (χ0) is 24.6. The van der Waals surface area contributed by atoms with Gasteiger partial charge in [-0.05, 0) is 43.7 Å². The Hall–Kier alpha value is -4.02. The molecule has 1 aromatic carbocycles. The maximum atomic E-state index is 14.6. The number of aromatic nitrogens is 6. The smallest absolute Gasteiger partial charge is 0.281 e. The quantitative estimate of drug-likeness (QED) is 0.264.